The van der Waals surface area contributed by atoms with E-state index in [1.165, 1.54) is 47.5 Å². The minimum atomic E-state index is -0.435. The second-order valence-corrected chi connectivity index (χ2v) is 10.2. The molecule has 0 bridgehead atoms. The minimum absolute atomic E-state index is 0.0381. The fourth-order valence-electron chi connectivity index (χ4n) is 5.24. The highest BCUT2D eigenvalue weighted by molar-refractivity contribution is 6.03. The monoisotopic (exact) mass is 421 g/mol. The van der Waals surface area contributed by atoms with Gasteiger partial charge < -0.3 is 9.88 Å². The number of oxime groups is 1. The zero-order valence-corrected chi connectivity index (χ0v) is 19.5. The van der Waals surface area contributed by atoms with Gasteiger partial charge in [-0.15, -0.1) is 0 Å². The summed E-state index contributed by atoms with van der Waals surface area (Å²) in [6, 6.07) is 9.06. The van der Waals surface area contributed by atoms with Crippen molar-refractivity contribution in [2.45, 2.75) is 85.6 Å². The van der Waals surface area contributed by atoms with Crippen molar-refractivity contribution in [3.8, 4) is 5.69 Å². The highest BCUT2D eigenvalue weighted by atomic mass is 16.7. The lowest BCUT2D eigenvalue weighted by Crippen LogP contribution is -2.36. The number of benzene rings is 1. The smallest absolute Gasteiger partial charge is 0.318 e. The summed E-state index contributed by atoms with van der Waals surface area (Å²) in [6.45, 7) is 10.9. The van der Waals surface area contributed by atoms with E-state index in [0.29, 0.717) is 0 Å². The molecule has 166 valence electrons. The lowest BCUT2D eigenvalue weighted by Gasteiger charge is -2.31. The van der Waals surface area contributed by atoms with Gasteiger partial charge in [0.05, 0.1) is 5.71 Å². The van der Waals surface area contributed by atoms with Crippen LogP contribution < -0.4 is 5.32 Å². The van der Waals surface area contributed by atoms with Gasteiger partial charge in [0.1, 0.15) is 0 Å². The Hall–Kier alpha value is -2.56. The maximum Gasteiger partial charge on any atom is 0.433 e. The number of carbonyl (C=O) groups is 1. The third-order valence-electron chi connectivity index (χ3n) is 6.52. The predicted octanol–water partition coefficient (Wildman–Crippen LogP) is 6.14. The Labute approximate surface area is 185 Å². The minimum Gasteiger partial charge on any atom is -0.318 e. The largest absolute Gasteiger partial charge is 0.433 e. The Morgan fingerprint density at radius 2 is 1.71 bits per heavy atom. The second kappa shape index (κ2) is 8.52. The Balaban J connectivity index is 1.63. The Kier molecular flexibility index (Phi) is 5.96. The van der Waals surface area contributed by atoms with E-state index in [2.05, 4.69) is 73.9 Å². The standard InChI is InChI=1S/C26H35N3O2/c1-17-11-18(2)13-21(12-17)29-19(3)14-22-23(15-26(4,5)16-24(22)29)28-31-25(30)27-20-9-7-6-8-10-20/h11-14,20H,6-10,15-16H2,1-5H3,(H,27,30)/b28-23+. The molecule has 1 saturated carbocycles. The van der Waals surface area contributed by atoms with Crippen LogP contribution in [0, 0.1) is 26.2 Å². The molecule has 1 amide bonds. The molecule has 4 rings (SSSR count). The topological polar surface area (TPSA) is 55.6 Å². The lowest BCUT2D eigenvalue weighted by molar-refractivity contribution is 0.142. The molecule has 2 aliphatic carbocycles. The first-order valence-electron chi connectivity index (χ1n) is 11.6. The zero-order valence-electron chi connectivity index (χ0n) is 19.5. The Bertz CT molecular complexity index is 990. The van der Waals surface area contributed by atoms with E-state index in [1.807, 2.05) is 0 Å². The van der Waals surface area contributed by atoms with Crippen molar-refractivity contribution in [3.63, 3.8) is 0 Å². The van der Waals surface area contributed by atoms with E-state index in [1.54, 1.807) is 0 Å². The molecular formula is C26H35N3O2. The Morgan fingerprint density at radius 3 is 2.39 bits per heavy atom. The van der Waals surface area contributed by atoms with Gasteiger partial charge >= 0.3 is 6.09 Å². The van der Waals surface area contributed by atoms with Crippen LogP contribution in [0.5, 0.6) is 0 Å². The summed E-state index contributed by atoms with van der Waals surface area (Å²) in [5.41, 5.74) is 8.10. The Morgan fingerprint density at radius 1 is 1.03 bits per heavy atom. The van der Waals surface area contributed by atoms with Gasteiger partial charge in [0.2, 0.25) is 0 Å². The molecule has 0 radical (unpaired) electrons. The van der Waals surface area contributed by atoms with E-state index >= 15 is 0 Å². The average Bonchev–Trinajstić information content (AvgIpc) is 3.01. The number of fused-ring (bicyclic) bond motifs is 1. The highest BCUT2D eigenvalue weighted by Crippen LogP contribution is 2.38. The maximum absolute atomic E-state index is 12.4. The van der Waals surface area contributed by atoms with Gasteiger partial charge in [-0.05, 0) is 81.2 Å². The molecule has 2 aliphatic rings. The number of nitrogens with zero attached hydrogens (tertiary/aromatic N) is 2. The van der Waals surface area contributed by atoms with Crippen molar-refractivity contribution >= 4 is 11.8 Å². The van der Waals surface area contributed by atoms with E-state index < -0.39 is 6.09 Å². The third kappa shape index (κ3) is 4.86. The fraction of sp³-hybridized carbons (Fsp3) is 0.538. The molecule has 1 heterocycles. The summed E-state index contributed by atoms with van der Waals surface area (Å²) in [5, 5.41) is 7.34. The number of aromatic nitrogens is 1. The number of nitrogens with one attached hydrogen (secondary N) is 1. The quantitative estimate of drug-likeness (QED) is 0.478. The number of hydrogen-bond donors (Lipinski definition) is 1. The van der Waals surface area contributed by atoms with Gasteiger partial charge in [-0.25, -0.2) is 4.79 Å². The van der Waals surface area contributed by atoms with Crippen LogP contribution in [0.2, 0.25) is 0 Å². The van der Waals surface area contributed by atoms with Gasteiger partial charge in [0, 0.05) is 28.7 Å². The highest BCUT2D eigenvalue weighted by Gasteiger charge is 2.34. The van der Waals surface area contributed by atoms with Crippen LogP contribution in [0.15, 0.2) is 29.4 Å². The molecule has 0 aliphatic heterocycles. The van der Waals surface area contributed by atoms with Crippen LogP contribution in [-0.4, -0.2) is 22.4 Å². The number of rotatable bonds is 3. The fourth-order valence-corrected chi connectivity index (χ4v) is 5.24. The van der Waals surface area contributed by atoms with Gasteiger partial charge in [-0.2, -0.15) is 0 Å². The molecule has 2 aromatic rings. The molecule has 31 heavy (non-hydrogen) atoms. The van der Waals surface area contributed by atoms with Crippen LogP contribution in [0.3, 0.4) is 0 Å². The summed E-state index contributed by atoms with van der Waals surface area (Å²) in [6.07, 6.45) is 6.95. The summed E-state index contributed by atoms with van der Waals surface area (Å²) in [5.74, 6) is 0. The van der Waals surface area contributed by atoms with E-state index in [0.717, 1.165) is 37.0 Å². The molecule has 0 unspecified atom stereocenters. The first-order chi connectivity index (χ1) is 14.7. The molecule has 0 spiro atoms. The summed E-state index contributed by atoms with van der Waals surface area (Å²) in [4.78, 5) is 17.7. The molecule has 1 fully saturated rings. The van der Waals surface area contributed by atoms with Crippen molar-refractivity contribution in [3.05, 3.63) is 52.3 Å². The van der Waals surface area contributed by atoms with Gasteiger partial charge in [0.15, 0.2) is 0 Å². The summed E-state index contributed by atoms with van der Waals surface area (Å²) < 4.78 is 2.34. The third-order valence-corrected chi connectivity index (χ3v) is 6.52. The first kappa shape index (κ1) is 21.7. The normalized spacial score (nSPS) is 19.8. The summed E-state index contributed by atoms with van der Waals surface area (Å²) >= 11 is 0. The zero-order chi connectivity index (χ0) is 22.2. The lowest BCUT2D eigenvalue weighted by atomic mass is 9.76. The molecule has 1 aromatic carbocycles. The maximum atomic E-state index is 12.4. The molecule has 5 heteroatoms. The second-order valence-electron chi connectivity index (χ2n) is 10.2. The first-order valence-corrected chi connectivity index (χ1v) is 11.6. The number of amides is 1. The van der Waals surface area contributed by atoms with Gasteiger partial charge in [0.25, 0.3) is 0 Å². The van der Waals surface area contributed by atoms with Crippen LogP contribution in [0.1, 0.15) is 80.5 Å². The van der Waals surface area contributed by atoms with Crippen LogP contribution in [0.4, 0.5) is 4.79 Å². The SMILES string of the molecule is Cc1cc(C)cc(-n2c(C)cc3c2CC(C)(C)C/C3=N\OC(=O)NC2CCCCC2)c1. The van der Waals surface area contributed by atoms with Gasteiger partial charge in [-0.3, -0.25) is 4.84 Å². The molecule has 1 N–H and O–H groups in total. The molecule has 1 aromatic heterocycles. The number of carbonyl (C=O) groups excluding carboxylic acids is 1. The van der Waals surface area contributed by atoms with E-state index in [-0.39, 0.29) is 11.5 Å². The van der Waals surface area contributed by atoms with E-state index in [9.17, 15) is 4.79 Å². The molecule has 0 atom stereocenters. The van der Waals surface area contributed by atoms with Crippen LogP contribution in [0.25, 0.3) is 5.69 Å². The van der Waals surface area contributed by atoms with Crippen LogP contribution in [-0.2, 0) is 11.3 Å². The van der Waals surface area contributed by atoms with Crippen molar-refractivity contribution in [1.82, 2.24) is 9.88 Å². The summed E-state index contributed by atoms with van der Waals surface area (Å²) in [7, 11) is 0. The number of aryl methyl sites for hydroxylation is 3. The van der Waals surface area contributed by atoms with Crippen molar-refractivity contribution in [2.75, 3.05) is 0 Å². The number of hydrogen-bond acceptors (Lipinski definition) is 3. The molecular weight excluding hydrogens is 386 g/mol. The molecule has 0 saturated heterocycles. The van der Waals surface area contributed by atoms with Crippen molar-refractivity contribution in [1.29, 1.82) is 0 Å². The van der Waals surface area contributed by atoms with Gasteiger partial charge in [-0.1, -0.05) is 44.3 Å². The van der Waals surface area contributed by atoms with Crippen molar-refractivity contribution in [2.24, 2.45) is 10.6 Å². The predicted molar refractivity (Wildman–Crippen MR) is 125 cm³/mol. The average molecular weight is 422 g/mol. The van der Waals surface area contributed by atoms with E-state index in [4.69, 9.17) is 4.84 Å². The van der Waals surface area contributed by atoms with Crippen LogP contribution >= 0.6 is 0 Å². The molecule has 5 nitrogen and oxygen atoms in total. The van der Waals surface area contributed by atoms with Crippen molar-refractivity contribution < 1.29 is 9.63 Å².